The topological polar surface area (TPSA) is 81.1 Å². The van der Waals surface area contributed by atoms with Crippen molar-refractivity contribution in [3.8, 4) is 5.75 Å². The monoisotopic (exact) mass is 519 g/mol. The Kier molecular flexibility index (Phi) is 6.67. The fourth-order valence-corrected chi connectivity index (χ4v) is 4.67. The van der Waals surface area contributed by atoms with Gasteiger partial charge in [0.2, 0.25) is 5.95 Å². The zero-order valence-electron chi connectivity index (χ0n) is 19.6. The van der Waals surface area contributed by atoms with Crippen LogP contribution in [0.5, 0.6) is 5.75 Å². The lowest BCUT2D eigenvalue weighted by Gasteiger charge is -2.29. The van der Waals surface area contributed by atoms with Crippen molar-refractivity contribution in [1.29, 1.82) is 0 Å². The first-order valence-corrected chi connectivity index (χ1v) is 12.1. The van der Waals surface area contributed by atoms with Gasteiger partial charge >= 0.3 is 0 Å². The van der Waals surface area contributed by atoms with Crippen molar-refractivity contribution in [2.45, 2.75) is 26.5 Å². The highest BCUT2D eigenvalue weighted by molar-refractivity contribution is 6.35. The maximum absolute atomic E-state index is 13.5. The van der Waals surface area contributed by atoms with E-state index in [1.807, 2.05) is 62.4 Å². The predicted molar refractivity (Wildman–Crippen MR) is 142 cm³/mol. The second kappa shape index (κ2) is 10.0. The molecule has 1 unspecified atom stereocenters. The summed E-state index contributed by atoms with van der Waals surface area (Å²) in [6, 6.07) is 20.1. The Hall–Kier alpha value is -3.81. The zero-order valence-corrected chi connectivity index (χ0v) is 21.1. The standard InChI is InChI=1S/C27H23Cl2N5O2/c1-16-6-3-4-9-23(16)33-26(35)24-17(2)32-27-30-15-31-34(27)25(24)18-10-12-19(13-11-18)36-14-20-21(28)7-5-8-22(20)29/h3-13,15,25H,14H2,1-2H3,(H,33,35)(H,30,31,32). The summed E-state index contributed by atoms with van der Waals surface area (Å²) in [4.78, 5) is 17.8. The molecule has 1 aliphatic rings. The van der Waals surface area contributed by atoms with Gasteiger partial charge in [0.05, 0.1) is 5.57 Å². The number of ether oxygens (including phenoxy) is 1. The Balaban J connectivity index is 1.42. The van der Waals surface area contributed by atoms with Crippen molar-refractivity contribution in [2.24, 2.45) is 0 Å². The average Bonchev–Trinajstić information content (AvgIpc) is 3.33. The molecule has 0 aliphatic carbocycles. The van der Waals surface area contributed by atoms with E-state index in [1.54, 1.807) is 22.9 Å². The molecule has 0 spiro atoms. The summed E-state index contributed by atoms with van der Waals surface area (Å²) in [5, 5.41) is 11.7. The highest BCUT2D eigenvalue weighted by atomic mass is 35.5. The average molecular weight is 520 g/mol. The third-order valence-electron chi connectivity index (χ3n) is 6.07. The molecule has 1 atom stereocenters. The minimum Gasteiger partial charge on any atom is -0.489 e. The second-order valence-electron chi connectivity index (χ2n) is 8.42. The molecule has 0 radical (unpaired) electrons. The second-order valence-corrected chi connectivity index (χ2v) is 9.24. The molecule has 0 fully saturated rings. The van der Waals surface area contributed by atoms with Crippen LogP contribution in [-0.2, 0) is 11.4 Å². The van der Waals surface area contributed by atoms with Gasteiger partial charge in [-0.25, -0.2) is 4.68 Å². The molecular formula is C27H23Cl2N5O2. The quantitative estimate of drug-likeness (QED) is 0.308. The number of benzene rings is 3. The molecule has 36 heavy (non-hydrogen) atoms. The van der Waals surface area contributed by atoms with Crippen LogP contribution in [0.25, 0.3) is 0 Å². The molecule has 1 amide bonds. The van der Waals surface area contributed by atoms with Gasteiger partial charge in [0.15, 0.2) is 0 Å². The third kappa shape index (κ3) is 4.67. The number of carbonyl (C=O) groups is 1. The molecule has 1 aliphatic heterocycles. The number of nitrogens with one attached hydrogen (secondary N) is 2. The van der Waals surface area contributed by atoms with Gasteiger partial charge in [0.25, 0.3) is 5.91 Å². The highest BCUT2D eigenvalue weighted by Crippen LogP contribution is 2.36. The number of carbonyl (C=O) groups excluding carboxylic acids is 1. The SMILES string of the molecule is CC1=C(C(=O)Nc2ccccc2C)C(c2ccc(OCc3c(Cl)cccc3Cl)cc2)n2ncnc2N1. The molecule has 2 N–H and O–H groups in total. The largest absolute Gasteiger partial charge is 0.489 e. The third-order valence-corrected chi connectivity index (χ3v) is 6.78. The van der Waals surface area contributed by atoms with E-state index in [0.717, 1.165) is 22.4 Å². The summed E-state index contributed by atoms with van der Waals surface area (Å²) in [5.41, 5.74) is 4.58. The lowest BCUT2D eigenvalue weighted by molar-refractivity contribution is -0.113. The molecule has 4 aromatic rings. The van der Waals surface area contributed by atoms with Crippen LogP contribution in [0, 0.1) is 6.92 Å². The van der Waals surface area contributed by atoms with E-state index in [2.05, 4.69) is 20.7 Å². The maximum Gasteiger partial charge on any atom is 0.255 e. The van der Waals surface area contributed by atoms with Gasteiger partial charge in [0, 0.05) is 27.0 Å². The van der Waals surface area contributed by atoms with E-state index in [0.29, 0.717) is 33.0 Å². The van der Waals surface area contributed by atoms with Gasteiger partial charge < -0.3 is 15.4 Å². The number of rotatable bonds is 6. The number of fused-ring (bicyclic) bond motifs is 1. The Bertz CT molecular complexity index is 1440. The van der Waals surface area contributed by atoms with E-state index < -0.39 is 6.04 Å². The Labute approximate surface area is 218 Å². The summed E-state index contributed by atoms with van der Waals surface area (Å²) >= 11 is 12.5. The number of hydrogen-bond acceptors (Lipinski definition) is 5. The van der Waals surface area contributed by atoms with Crippen molar-refractivity contribution in [3.63, 3.8) is 0 Å². The number of aryl methyl sites for hydroxylation is 1. The highest BCUT2D eigenvalue weighted by Gasteiger charge is 2.33. The van der Waals surface area contributed by atoms with Gasteiger partial charge in [0.1, 0.15) is 24.7 Å². The summed E-state index contributed by atoms with van der Waals surface area (Å²) in [7, 11) is 0. The van der Waals surface area contributed by atoms with Crippen LogP contribution in [-0.4, -0.2) is 20.7 Å². The lowest BCUT2D eigenvalue weighted by atomic mass is 9.95. The molecule has 0 saturated carbocycles. The van der Waals surface area contributed by atoms with Crippen LogP contribution in [0.2, 0.25) is 10.0 Å². The predicted octanol–water partition coefficient (Wildman–Crippen LogP) is 6.40. The van der Waals surface area contributed by atoms with E-state index in [1.165, 1.54) is 6.33 Å². The zero-order chi connectivity index (χ0) is 25.2. The first-order valence-electron chi connectivity index (χ1n) is 11.3. The molecule has 2 heterocycles. The van der Waals surface area contributed by atoms with Crippen LogP contribution in [0.4, 0.5) is 11.6 Å². The molecule has 5 rings (SSSR count). The lowest BCUT2D eigenvalue weighted by Crippen LogP contribution is -2.31. The van der Waals surface area contributed by atoms with E-state index in [4.69, 9.17) is 27.9 Å². The number of nitrogens with zero attached hydrogens (tertiary/aromatic N) is 3. The molecule has 0 saturated heterocycles. The van der Waals surface area contributed by atoms with Crippen molar-refractivity contribution < 1.29 is 9.53 Å². The molecule has 0 bridgehead atoms. The fourth-order valence-electron chi connectivity index (χ4n) is 4.17. The van der Waals surface area contributed by atoms with Crippen LogP contribution in [0.15, 0.2) is 84.3 Å². The molecule has 9 heteroatoms. The number of para-hydroxylation sites is 1. The van der Waals surface area contributed by atoms with Crippen molar-refractivity contribution in [3.05, 3.63) is 111 Å². The van der Waals surface area contributed by atoms with Crippen molar-refractivity contribution >= 4 is 40.7 Å². The fraction of sp³-hybridized carbons (Fsp3) is 0.148. The van der Waals surface area contributed by atoms with Gasteiger partial charge in [-0.3, -0.25) is 4.79 Å². The van der Waals surface area contributed by atoms with Crippen LogP contribution in [0.1, 0.15) is 29.7 Å². The Morgan fingerprint density at radius 1 is 1.03 bits per heavy atom. The van der Waals surface area contributed by atoms with Crippen molar-refractivity contribution in [2.75, 3.05) is 10.6 Å². The number of halogens is 2. The number of hydrogen-bond donors (Lipinski definition) is 2. The smallest absolute Gasteiger partial charge is 0.255 e. The van der Waals surface area contributed by atoms with E-state index in [-0.39, 0.29) is 12.5 Å². The van der Waals surface area contributed by atoms with Crippen LogP contribution < -0.4 is 15.4 Å². The molecular weight excluding hydrogens is 497 g/mol. The summed E-state index contributed by atoms with van der Waals surface area (Å²) in [5.74, 6) is 1.00. The summed E-state index contributed by atoms with van der Waals surface area (Å²) < 4.78 is 7.64. The maximum atomic E-state index is 13.5. The van der Waals surface area contributed by atoms with Gasteiger partial charge in [-0.15, -0.1) is 0 Å². The van der Waals surface area contributed by atoms with Crippen LogP contribution >= 0.6 is 23.2 Å². The number of anilines is 2. The number of allylic oxidation sites excluding steroid dienone is 1. The first-order chi connectivity index (χ1) is 17.4. The summed E-state index contributed by atoms with van der Waals surface area (Å²) in [6.45, 7) is 4.06. The van der Waals surface area contributed by atoms with Gasteiger partial charge in [-0.2, -0.15) is 10.1 Å². The Morgan fingerprint density at radius 3 is 2.47 bits per heavy atom. The first kappa shape index (κ1) is 23.9. The van der Waals surface area contributed by atoms with Crippen molar-refractivity contribution in [1.82, 2.24) is 14.8 Å². The van der Waals surface area contributed by atoms with Crippen LogP contribution in [0.3, 0.4) is 0 Å². The van der Waals surface area contributed by atoms with E-state index in [9.17, 15) is 4.79 Å². The number of amides is 1. The molecule has 182 valence electrons. The minimum atomic E-state index is -0.472. The molecule has 1 aromatic heterocycles. The van der Waals surface area contributed by atoms with Gasteiger partial charge in [-0.1, -0.05) is 59.6 Å². The van der Waals surface area contributed by atoms with E-state index >= 15 is 0 Å². The summed E-state index contributed by atoms with van der Waals surface area (Å²) in [6.07, 6.45) is 1.47. The normalized spacial score (nSPS) is 14.7. The minimum absolute atomic E-state index is 0.214. The number of aromatic nitrogens is 3. The molecule has 7 nitrogen and oxygen atoms in total. The van der Waals surface area contributed by atoms with Gasteiger partial charge in [-0.05, 0) is 55.3 Å². The Morgan fingerprint density at radius 2 is 1.75 bits per heavy atom. The molecule has 3 aromatic carbocycles.